The number of hydrogen-bond donors (Lipinski definition) is 1. The first-order valence-electron chi connectivity index (χ1n) is 7.33. The molecule has 0 heterocycles. The number of ether oxygens (including phenoxy) is 1. The van der Waals surface area contributed by atoms with E-state index in [0.717, 1.165) is 12.1 Å². The molecule has 0 aliphatic heterocycles. The van der Waals surface area contributed by atoms with Crippen molar-refractivity contribution in [2.75, 3.05) is 5.32 Å². The molecule has 0 saturated carbocycles. The lowest BCUT2D eigenvalue weighted by atomic mass is 10.1. The Morgan fingerprint density at radius 2 is 1.59 bits per heavy atom. The third-order valence-corrected chi connectivity index (χ3v) is 4.56. The average Bonchev–Trinajstić information content (AvgIpc) is 2.52. The van der Waals surface area contributed by atoms with Gasteiger partial charge < -0.3 is 10.1 Å². The van der Waals surface area contributed by atoms with Crippen LogP contribution < -0.4 is 10.1 Å². The van der Waals surface area contributed by atoms with Crippen molar-refractivity contribution in [2.24, 2.45) is 0 Å². The van der Waals surface area contributed by atoms with E-state index in [1.165, 1.54) is 0 Å². The lowest BCUT2D eigenvalue weighted by Crippen LogP contribution is -2.27. The van der Waals surface area contributed by atoms with Crippen molar-refractivity contribution >= 4 is 58.0 Å². The Hall–Kier alpha value is -1.34. The van der Waals surface area contributed by atoms with Gasteiger partial charge in [-0.25, -0.2) is 0 Å². The third kappa shape index (κ3) is 5.57. The van der Waals surface area contributed by atoms with Crippen molar-refractivity contribution in [3.8, 4) is 11.5 Å². The van der Waals surface area contributed by atoms with Crippen LogP contribution in [0.2, 0.25) is 5.02 Å². The number of aryl methyl sites for hydroxylation is 2. The lowest BCUT2D eigenvalue weighted by molar-refractivity contribution is -0.137. The van der Waals surface area contributed by atoms with Gasteiger partial charge >= 0.3 is 6.18 Å². The van der Waals surface area contributed by atoms with Gasteiger partial charge in [0, 0.05) is 5.02 Å². The Labute approximate surface area is 173 Å². The molecule has 1 amide bonds. The average molecular weight is 461 g/mol. The Morgan fingerprint density at radius 1 is 1.04 bits per heavy atom. The molecular formula is C17H12Cl4F3NO2. The maximum Gasteiger partial charge on any atom is 0.416 e. The summed E-state index contributed by atoms with van der Waals surface area (Å²) in [4.78, 5) is 11.9. The topological polar surface area (TPSA) is 38.3 Å². The molecule has 0 radical (unpaired) electrons. The first kappa shape index (κ1) is 22.0. The summed E-state index contributed by atoms with van der Waals surface area (Å²) in [6, 6.07) is 5.78. The van der Waals surface area contributed by atoms with Crippen LogP contribution in [0.3, 0.4) is 0 Å². The summed E-state index contributed by atoms with van der Waals surface area (Å²) >= 11 is 22.5. The quantitative estimate of drug-likeness (QED) is 0.497. The molecule has 2 aromatic rings. The number of anilines is 1. The van der Waals surface area contributed by atoms with Crippen LogP contribution in [0.15, 0.2) is 30.3 Å². The molecule has 146 valence electrons. The number of rotatable bonds is 3. The van der Waals surface area contributed by atoms with Crippen LogP contribution in [0.25, 0.3) is 0 Å². The number of amides is 1. The van der Waals surface area contributed by atoms with Gasteiger partial charge in [0.1, 0.15) is 5.75 Å². The normalized spacial score (nSPS) is 12.0. The van der Waals surface area contributed by atoms with E-state index in [9.17, 15) is 18.0 Å². The highest BCUT2D eigenvalue weighted by Gasteiger charge is 2.34. The van der Waals surface area contributed by atoms with Crippen LogP contribution in [0, 0.1) is 13.8 Å². The molecule has 0 unspecified atom stereocenters. The zero-order valence-corrected chi connectivity index (χ0v) is 16.9. The minimum Gasteiger partial charge on any atom is -0.455 e. The van der Waals surface area contributed by atoms with E-state index in [1.54, 1.807) is 26.0 Å². The van der Waals surface area contributed by atoms with E-state index in [2.05, 4.69) is 5.32 Å². The molecule has 0 fully saturated rings. The fourth-order valence-corrected chi connectivity index (χ4v) is 2.43. The van der Waals surface area contributed by atoms with E-state index in [1.807, 2.05) is 0 Å². The second-order valence-electron chi connectivity index (χ2n) is 5.63. The Bertz CT molecular complexity index is 856. The molecule has 0 spiro atoms. The Kier molecular flexibility index (Phi) is 6.47. The minimum atomic E-state index is -4.63. The number of carbonyl (C=O) groups excluding carboxylic acids is 1. The minimum absolute atomic E-state index is 0.0632. The van der Waals surface area contributed by atoms with Gasteiger partial charge in [-0.2, -0.15) is 13.2 Å². The second-order valence-corrected chi connectivity index (χ2v) is 8.29. The van der Waals surface area contributed by atoms with E-state index < -0.39 is 21.4 Å². The van der Waals surface area contributed by atoms with Gasteiger partial charge in [0.25, 0.3) is 9.70 Å². The van der Waals surface area contributed by atoms with Crippen LogP contribution in [0.4, 0.5) is 18.9 Å². The van der Waals surface area contributed by atoms with Gasteiger partial charge in [0.15, 0.2) is 5.75 Å². The van der Waals surface area contributed by atoms with Gasteiger partial charge in [0.2, 0.25) is 0 Å². The van der Waals surface area contributed by atoms with Crippen molar-refractivity contribution in [3.05, 3.63) is 52.0 Å². The third-order valence-electron chi connectivity index (χ3n) is 3.45. The van der Waals surface area contributed by atoms with Crippen molar-refractivity contribution in [3.63, 3.8) is 0 Å². The highest BCUT2D eigenvalue weighted by molar-refractivity contribution is 6.76. The van der Waals surface area contributed by atoms with Crippen molar-refractivity contribution in [1.29, 1.82) is 0 Å². The summed E-state index contributed by atoms with van der Waals surface area (Å²) in [6.07, 6.45) is -4.63. The zero-order chi connectivity index (χ0) is 20.6. The molecule has 0 saturated heterocycles. The lowest BCUT2D eigenvalue weighted by Gasteiger charge is -2.18. The highest BCUT2D eigenvalue weighted by Crippen LogP contribution is 2.39. The molecule has 3 nitrogen and oxygen atoms in total. The Balaban J connectivity index is 2.47. The van der Waals surface area contributed by atoms with Crippen molar-refractivity contribution in [2.45, 2.75) is 23.8 Å². The summed E-state index contributed by atoms with van der Waals surface area (Å²) in [5.41, 5.74) is 0.125. The van der Waals surface area contributed by atoms with Crippen LogP contribution in [0.5, 0.6) is 11.5 Å². The molecule has 27 heavy (non-hydrogen) atoms. The Morgan fingerprint density at radius 3 is 2.07 bits per heavy atom. The van der Waals surface area contributed by atoms with Crippen LogP contribution >= 0.6 is 46.4 Å². The number of hydrogen-bond acceptors (Lipinski definition) is 2. The largest absolute Gasteiger partial charge is 0.455 e. The summed E-state index contributed by atoms with van der Waals surface area (Å²) in [6.45, 7) is 3.50. The van der Waals surface area contributed by atoms with Crippen LogP contribution in [-0.2, 0) is 11.0 Å². The van der Waals surface area contributed by atoms with Gasteiger partial charge in [0.05, 0.1) is 11.3 Å². The molecule has 2 rings (SSSR count). The molecule has 0 aliphatic rings. The predicted octanol–water partition coefficient (Wildman–Crippen LogP) is 7.08. The SMILES string of the molecule is Cc1cc(Oc2ccc(C(F)(F)F)cc2NC(=O)C(Cl)(Cl)Cl)cc(C)c1Cl. The number of alkyl halides is 6. The summed E-state index contributed by atoms with van der Waals surface area (Å²) in [7, 11) is 0. The predicted molar refractivity (Wildman–Crippen MR) is 101 cm³/mol. The molecular weight excluding hydrogens is 449 g/mol. The van der Waals surface area contributed by atoms with E-state index in [4.69, 9.17) is 51.1 Å². The fraction of sp³-hybridized carbons (Fsp3) is 0.235. The van der Waals surface area contributed by atoms with E-state index in [0.29, 0.717) is 28.0 Å². The zero-order valence-electron chi connectivity index (χ0n) is 13.8. The summed E-state index contributed by atoms with van der Waals surface area (Å²) < 4.78 is 42.3. The van der Waals surface area contributed by atoms with Crippen molar-refractivity contribution in [1.82, 2.24) is 0 Å². The van der Waals surface area contributed by atoms with Gasteiger partial charge in [-0.15, -0.1) is 0 Å². The van der Waals surface area contributed by atoms with Crippen LogP contribution in [-0.4, -0.2) is 9.70 Å². The van der Waals surface area contributed by atoms with Gasteiger partial charge in [-0.05, 0) is 55.3 Å². The second kappa shape index (κ2) is 7.95. The van der Waals surface area contributed by atoms with Crippen molar-refractivity contribution < 1.29 is 22.7 Å². The monoisotopic (exact) mass is 459 g/mol. The van der Waals surface area contributed by atoms with E-state index in [-0.39, 0.29) is 11.4 Å². The molecule has 0 aliphatic carbocycles. The summed E-state index contributed by atoms with van der Waals surface area (Å²) in [5, 5.41) is 2.68. The highest BCUT2D eigenvalue weighted by atomic mass is 35.6. The maximum absolute atomic E-state index is 13.0. The number of benzene rings is 2. The number of halogens is 7. The fourth-order valence-electron chi connectivity index (χ4n) is 2.18. The maximum atomic E-state index is 13.0. The first-order chi connectivity index (χ1) is 12.3. The first-order valence-corrected chi connectivity index (χ1v) is 8.84. The van der Waals surface area contributed by atoms with Gasteiger partial charge in [-0.1, -0.05) is 46.4 Å². The molecule has 0 bridgehead atoms. The molecule has 1 N–H and O–H groups in total. The summed E-state index contributed by atoms with van der Waals surface area (Å²) in [5.74, 6) is -0.870. The van der Waals surface area contributed by atoms with Crippen LogP contribution in [0.1, 0.15) is 16.7 Å². The molecule has 0 aromatic heterocycles. The van der Waals surface area contributed by atoms with Gasteiger partial charge in [-0.3, -0.25) is 4.79 Å². The molecule has 2 aromatic carbocycles. The smallest absolute Gasteiger partial charge is 0.416 e. The van der Waals surface area contributed by atoms with E-state index >= 15 is 0 Å². The number of nitrogens with one attached hydrogen (secondary N) is 1. The molecule has 0 atom stereocenters. The molecule has 10 heteroatoms. The number of carbonyl (C=O) groups is 1. The standard InChI is InChI=1S/C17H12Cl4F3NO2/c1-8-5-11(6-9(2)14(8)18)27-13-4-3-10(17(22,23)24)7-12(13)25-15(26)16(19,20)21/h3-7H,1-2H3,(H,25,26).